The molecule has 2 aliphatic rings. The van der Waals surface area contributed by atoms with E-state index in [-0.39, 0.29) is 11.8 Å². The molecule has 0 amide bonds. The third kappa shape index (κ3) is 4.97. The average Bonchev–Trinajstić information content (AvgIpc) is 2.74. The number of Topliss-reactive ketones (excluding diaryl/α,β-unsaturated/α-hetero) is 1. The van der Waals surface area contributed by atoms with E-state index >= 15 is 0 Å². The minimum atomic E-state index is -0.415. The molecule has 0 spiro atoms. The standard InChI is InChI=1S/C24H31NO4S/c1-4-13-28-20-12-7-6-9-17(20)22-21(24(27)29-14-15-30-5-2)16(3)25-18-10-8-11-19(26)23(18)22/h6-7,9,12,22-23H,4-5,8,10-11,13-15H2,1-3H3/t22-,23?/m0/s1. The lowest BCUT2D eigenvalue weighted by atomic mass is 9.69. The molecule has 1 aromatic rings. The van der Waals surface area contributed by atoms with E-state index in [0.29, 0.717) is 30.9 Å². The van der Waals surface area contributed by atoms with Crippen LogP contribution in [0.3, 0.4) is 0 Å². The molecule has 1 fully saturated rings. The van der Waals surface area contributed by atoms with Crippen LogP contribution < -0.4 is 4.74 Å². The van der Waals surface area contributed by atoms with Crippen LogP contribution in [0.15, 0.2) is 40.5 Å². The Kier molecular flexibility index (Phi) is 8.14. The van der Waals surface area contributed by atoms with Gasteiger partial charge in [-0.05, 0) is 38.0 Å². The summed E-state index contributed by atoms with van der Waals surface area (Å²) in [6, 6.07) is 7.74. The molecule has 1 saturated carbocycles. The summed E-state index contributed by atoms with van der Waals surface area (Å²) < 4.78 is 11.6. The zero-order valence-electron chi connectivity index (χ0n) is 18.1. The number of fused-ring (bicyclic) bond motifs is 1. The number of thioether (sulfide) groups is 1. The second kappa shape index (κ2) is 10.8. The minimum Gasteiger partial charge on any atom is -0.493 e. The Morgan fingerprint density at radius 1 is 1.17 bits per heavy atom. The van der Waals surface area contributed by atoms with Crippen molar-refractivity contribution in [3.8, 4) is 5.75 Å². The van der Waals surface area contributed by atoms with E-state index < -0.39 is 11.8 Å². The molecule has 30 heavy (non-hydrogen) atoms. The van der Waals surface area contributed by atoms with Gasteiger partial charge in [-0.25, -0.2) is 4.79 Å². The summed E-state index contributed by atoms with van der Waals surface area (Å²) in [7, 11) is 0. The largest absolute Gasteiger partial charge is 0.493 e. The number of allylic oxidation sites excluding steroid dienone is 1. The number of benzene rings is 1. The molecule has 6 heteroatoms. The number of rotatable bonds is 9. The van der Waals surface area contributed by atoms with Gasteiger partial charge in [0.1, 0.15) is 18.1 Å². The average molecular weight is 430 g/mol. The zero-order chi connectivity index (χ0) is 21.5. The summed E-state index contributed by atoms with van der Waals surface area (Å²) in [5.41, 5.74) is 2.90. The lowest BCUT2D eigenvalue weighted by Crippen LogP contribution is -2.39. The summed E-state index contributed by atoms with van der Waals surface area (Å²) in [5.74, 6) is 1.41. The molecule has 162 valence electrons. The van der Waals surface area contributed by atoms with E-state index in [1.165, 1.54) is 0 Å². The summed E-state index contributed by atoms with van der Waals surface area (Å²) in [4.78, 5) is 30.9. The zero-order valence-corrected chi connectivity index (χ0v) is 18.9. The summed E-state index contributed by atoms with van der Waals surface area (Å²) >= 11 is 1.73. The van der Waals surface area contributed by atoms with E-state index in [4.69, 9.17) is 14.5 Å². The van der Waals surface area contributed by atoms with Crippen molar-refractivity contribution in [2.24, 2.45) is 10.9 Å². The van der Waals surface area contributed by atoms with Gasteiger partial charge in [0.05, 0.1) is 18.1 Å². The fourth-order valence-corrected chi connectivity index (χ4v) is 4.71. The quantitative estimate of drug-likeness (QED) is 0.410. The highest BCUT2D eigenvalue weighted by Crippen LogP contribution is 2.45. The van der Waals surface area contributed by atoms with Gasteiger partial charge in [-0.1, -0.05) is 32.0 Å². The highest BCUT2D eigenvalue weighted by molar-refractivity contribution is 7.99. The van der Waals surface area contributed by atoms with E-state index in [1.54, 1.807) is 11.8 Å². The van der Waals surface area contributed by atoms with E-state index in [2.05, 4.69) is 13.8 Å². The Hall–Kier alpha value is -2.08. The third-order valence-corrected chi connectivity index (χ3v) is 6.37. The van der Waals surface area contributed by atoms with Crippen LogP contribution in [-0.4, -0.2) is 42.2 Å². The van der Waals surface area contributed by atoms with Crippen LogP contribution in [0.2, 0.25) is 0 Å². The number of para-hydroxylation sites is 1. The molecular formula is C24H31NO4S. The molecule has 1 aliphatic heterocycles. The normalized spacial score (nSPS) is 21.2. The van der Waals surface area contributed by atoms with Crippen LogP contribution in [0.25, 0.3) is 0 Å². The lowest BCUT2D eigenvalue weighted by molar-refractivity contribution is -0.139. The molecule has 1 unspecified atom stereocenters. The lowest BCUT2D eigenvalue weighted by Gasteiger charge is -2.36. The van der Waals surface area contributed by atoms with Crippen molar-refractivity contribution in [2.45, 2.75) is 52.4 Å². The second-order valence-electron chi connectivity index (χ2n) is 7.60. The summed E-state index contributed by atoms with van der Waals surface area (Å²) in [5, 5.41) is 0. The predicted molar refractivity (Wildman–Crippen MR) is 121 cm³/mol. The fraction of sp³-hybridized carbons (Fsp3) is 0.542. The van der Waals surface area contributed by atoms with Crippen molar-refractivity contribution in [3.63, 3.8) is 0 Å². The molecule has 3 rings (SSSR count). The van der Waals surface area contributed by atoms with E-state index in [1.807, 2.05) is 31.2 Å². The molecule has 5 nitrogen and oxygen atoms in total. The van der Waals surface area contributed by atoms with Crippen LogP contribution in [0.5, 0.6) is 5.75 Å². The number of esters is 1. The first-order valence-corrected chi connectivity index (χ1v) is 12.0. The molecule has 0 bridgehead atoms. The van der Waals surface area contributed by atoms with Gasteiger partial charge in [0.2, 0.25) is 0 Å². The highest BCUT2D eigenvalue weighted by atomic mass is 32.2. The maximum atomic E-state index is 13.2. The molecular weight excluding hydrogens is 398 g/mol. The summed E-state index contributed by atoms with van der Waals surface area (Å²) in [6.07, 6.45) is 3.01. The molecule has 0 aromatic heterocycles. The Morgan fingerprint density at radius 3 is 2.73 bits per heavy atom. The minimum absolute atomic E-state index is 0.148. The van der Waals surface area contributed by atoms with Crippen molar-refractivity contribution in [1.29, 1.82) is 0 Å². The number of nitrogens with zero attached hydrogens (tertiary/aromatic N) is 1. The number of carbonyl (C=O) groups is 2. The molecule has 0 saturated heterocycles. The monoisotopic (exact) mass is 429 g/mol. The SMILES string of the molecule is CCCOc1ccccc1[C@H]1C(C(=O)OCCSCC)=C(C)N=C2CCCC(=O)C21. The Morgan fingerprint density at radius 2 is 1.97 bits per heavy atom. The van der Waals surface area contributed by atoms with E-state index in [9.17, 15) is 9.59 Å². The van der Waals surface area contributed by atoms with Gasteiger partial charge in [0.15, 0.2) is 0 Å². The molecule has 0 radical (unpaired) electrons. The molecule has 1 aliphatic carbocycles. The highest BCUT2D eigenvalue weighted by Gasteiger charge is 2.44. The Labute approximate surface area is 183 Å². The Bertz CT molecular complexity index is 845. The van der Waals surface area contributed by atoms with Gasteiger partial charge in [0.25, 0.3) is 0 Å². The fourth-order valence-electron chi connectivity index (χ4n) is 4.22. The van der Waals surface area contributed by atoms with Gasteiger partial charge in [-0.15, -0.1) is 0 Å². The third-order valence-electron chi connectivity index (χ3n) is 5.51. The number of hydrogen-bond donors (Lipinski definition) is 0. The van der Waals surface area contributed by atoms with Crippen molar-refractivity contribution < 1.29 is 19.1 Å². The smallest absolute Gasteiger partial charge is 0.336 e. The van der Waals surface area contributed by atoms with Crippen LogP contribution in [0, 0.1) is 5.92 Å². The number of ketones is 1. The summed E-state index contributed by atoms with van der Waals surface area (Å²) in [6.45, 7) is 6.92. The van der Waals surface area contributed by atoms with Gasteiger partial charge in [-0.2, -0.15) is 11.8 Å². The van der Waals surface area contributed by atoms with Crippen molar-refractivity contribution in [1.82, 2.24) is 0 Å². The second-order valence-corrected chi connectivity index (χ2v) is 8.99. The number of carbonyl (C=O) groups excluding carboxylic acids is 2. The van der Waals surface area contributed by atoms with Gasteiger partial charge < -0.3 is 9.47 Å². The van der Waals surface area contributed by atoms with Crippen molar-refractivity contribution in [3.05, 3.63) is 41.1 Å². The molecule has 0 N–H and O–H groups in total. The van der Waals surface area contributed by atoms with Gasteiger partial charge >= 0.3 is 5.97 Å². The van der Waals surface area contributed by atoms with Crippen LogP contribution in [-0.2, 0) is 14.3 Å². The number of ether oxygens (including phenoxy) is 2. The van der Waals surface area contributed by atoms with Gasteiger partial charge in [0, 0.05) is 35.1 Å². The van der Waals surface area contributed by atoms with Crippen molar-refractivity contribution >= 4 is 29.2 Å². The van der Waals surface area contributed by atoms with Crippen LogP contribution in [0.4, 0.5) is 0 Å². The number of hydrogen-bond acceptors (Lipinski definition) is 6. The first-order valence-electron chi connectivity index (χ1n) is 10.9. The first kappa shape index (κ1) is 22.6. The Balaban J connectivity index is 2.02. The van der Waals surface area contributed by atoms with Crippen LogP contribution in [0.1, 0.15) is 57.9 Å². The maximum Gasteiger partial charge on any atom is 0.336 e. The molecule has 2 atom stereocenters. The van der Waals surface area contributed by atoms with Gasteiger partial charge in [-0.3, -0.25) is 9.79 Å². The maximum absolute atomic E-state index is 13.2. The first-order chi connectivity index (χ1) is 14.6. The topological polar surface area (TPSA) is 65.0 Å². The molecule has 1 heterocycles. The van der Waals surface area contributed by atoms with E-state index in [0.717, 1.165) is 47.8 Å². The number of aliphatic imine (C=N–C) groups is 1. The van der Waals surface area contributed by atoms with Crippen LogP contribution >= 0.6 is 11.8 Å². The molecule has 1 aromatic carbocycles. The predicted octanol–water partition coefficient (Wildman–Crippen LogP) is 4.95. The van der Waals surface area contributed by atoms with Crippen molar-refractivity contribution in [2.75, 3.05) is 24.7 Å².